The minimum Gasteiger partial charge on any atom is -0.550 e. The number of benzene rings is 4. The second-order valence-electron chi connectivity index (χ2n) is 26.9. The van der Waals surface area contributed by atoms with E-state index in [-0.39, 0.29) is 73.7 Å². The number of esters is 3. The first kappa shape index (κ1) is 99.1. The van der Waals surface area contributed by atoms with Crippen LogP contribution in [0.4, 0.5) is 49.1 Å². The number of aryl methyl sites for hydroxylation is 2. The molecule has 0 radical (unpaired) electrons. The van der Waals surface area contributed by atoms with E-state index < -0.39 is 17.9 Å². The number of carbonyl (C=O) groups excluding carboxylic acids is 4. The van der Waals surface area contributed by atoms with Crippen molar-refractivity contribution in [1.29, 1.82) is 5.26 Å². The zero-order valence-corrected chi connectivity index (χ0v) is 71.8. The summed E-state index contributed by atoms with van der Waals surface area (Å²) >= 11 is 2.36. The molecule has 0 spiro atoms. The molecule has 2 aromatic heterocycles. The fourth-order valence-corrected chi connectivity index (χ4v) is 13.4. The number of carboxylic acid groups (broad SMARTS) is 1. The molecule has 1 fully saturated rings. The minimum atomic E-state index is -1.20. The number of carbonyl (C=O) groups is 4. The standard InChI is InChI=1S/C43H57N5O8S.C31H37N5O5S.C12H20O3.Na/c1-5-6-7-8-9-13-16-36(43(50)51)30-40(49)56-28-27-55-26-25-54-24-23-53-22-21-52-20-19-48(32-35-14-11-10-12-15-35)37-17-18-38(33(2)29-37)46-47-42-41(45-4)34(3)39(31-44)57-42;1-24-22-27(10-11-28(24)34-35-31-29(32-3)25(2)30(33-4)42-31)36(23-26-8-6-5-7-9-26)12-14-38-16-18-40-20-21-41-19-17-39-15-13-37;1-2-3-4-5-6-7-8-10-9-11(13)15-12(10)14;/h10-12,14-15,17-18,29,36H,5-9,13,16,19-28,30,32H2,1-3H3,(H,50,51);5-11,22,37H,12-21,23H2,1-2H3;10H,2-9H2,1H3;/q;;;+1/p-1. The Balaban J connectivity index is 0.000000418. The summed E-state index contributed by atoms with van der Waals surface area (Å²) in [6.45, 7) is 43.7. The molecule has 6 aromatic rings. The molecule has 1 N–H and O–H groups in total. The molecule has 0 amide bonds. The van der Waals surface area contributed by atoms with Crippen LogP contribution >= 0.6 is 22.7 Å². The van der Waals surface area contributed by atoms with Crippen LogP contribution in [0.1, 0.15) is 155 Å². The van der Waals surface area contributed by atoms with Crippen molar-refractivity contribution < 1.29 is 106 Å². The first-order chi connectivity index (χ1) is 55.6. The van der Waals surface area contributed by atoms with Crippen molar-refractivity contribution in [3.05, 3.63) is 170 Å². The van der Waals surface area contributed by atoms with E-state index in [0.717, 1.165) is 80.4 Å². The summed E-state index contributed by atoms with van der Waals surface area (Å²) in [7, 11) is 0. The number of azo groups is 2. The van der Waals surface area contributed by atoms with Crippen LogP contribution in [-0.2, 0) is 79.6 Å². The van der Waals surface area contributed by atoms with Gasteiger partial charge in [0.1, 0.15) is 22.7 Å². The molecule has 115 heavy (non-hydrogen) atoms. The summed E-state index contributed by atoms with van der Waals surface area (Å²) in [5, 5.41) is 48.2. The van der Waals surface area contributed by atoms with E-state index in [4.69, 9.17) is 67.5 Å². The Morgan fingerprint density at radius 3 is 1.41 bits per heavy atom. The zero-order valence-electron chi connectivity index (χ0n) is 68.1. The summed E-state index contributed by atoms with van der Waals surface area (Å²) in [4.78, 5) is 61.0. The molecule has 1 aliphatic heterocycles. The van der Waals surface area contributed by atoms with Crippen molar-refractivity contribution in [2.24, 2.45) is 32.3 Å². The summed E-state index contributed by atoms with van der Waals surface area (Å²) in [5.74, 6) is -3.39. The molecule has 7 rings (SSSR count). The van der Waals surface area contributed by atoms with Crippen molar-refractivity contribution >= 4 is 95.7 Å². The number of aliphatic carboxylic acids is 1. The summed E-state index contributed by atoms with van der Waals surface area (Å²) in [6, 6.07) is 34.6. The van der Waals surface area contributed by atoms with Gasteiger partial charge in [0.2, 0.25) is 16.4 Å². The molecule has 616 valence electrons. The quantitative estimate of drug-likeness (QED) is 0.00926. The second-order valence-corrected chi connectivity index (χ2v) is 28.8. The molecule has 2 unspecified atom stereocenters. The molecule has 3 heterocycles. The summed E-state index contributed by atoms with van der Waals surface area (Å²) in [5.41, 5.74) is 9.73. The van der Waals surface area contributed by atoms with Gasteiger partial charge in [-0.3, -0.25) is 14.4 Å². The first-order valence-corrected chi connectivity index (χ1v) is 41.0. The molecular formula is C86H113N10NaO16S2. The van der Waals surface area contributed by atoms with E-state index >= 15 is 0 Å². The number of hydrogen-bond acceptors (Lipinski definition) is 25. The van der Waals surface area contributed by atoms with Gasteiger partial charge >= 0.3 is 47.5 Å². The third-order valence-electron chi connectivity index (χ3n) is 18.1. The number of cyclic esters (lactones) is 2. The van der Waals surface area contributed by atoms with Crippen LogP contribution in [-0.4, -0.2) is 161 Å². The minimum absolute atomic E-state index is 0. The number of unbranched alkanes of at least 4 members (excludes halogenated alkanes) is 10. The molecule has 29 heteroatoms. The van der Waals surface area contributed by atoms with Crippen molar-refractivity contribution in [3.8, 4) is 6.07 Å². The normalized spacial score (nSPS) is 12.5. The van der Waals surface area contributed by atoms with E-state index in [0.29, 0.717) is 185 Å². The van der Waals surface area contributed by atoms with E-state index in [1.54, 1.807) is 13.8 Å². The van der Waals surface area contributed by atoms with Crippen LogP contribution < -0.4 is 44.5 Å². The molecule has 26 nitrogen and oxygen atoms in total. The zero-order chi connectivity index (χ0) is 82.2. The number of nitrogens with zero attached hydrogens (tertiary/aromatic N) is 10. The van der Waals surface area contributed by atoms with Crippen LogP contribution in [0.5, 0.6) is 0 Å². The smallest absolute Gasteiger partial charge is 0.550 e. The van der Waals surface area contributed by atoms with Crippen LogP contribution in [0.3, 0.4) is 0 Å². The molecular weight excluding hydrogens is 1520 g/mol. The molecule has 1 aliphatic rings. The molecule has 2 atom stereocenters. The summed E-state index contributed by atoms with van der Waals surface area (Å²) in [6.07, 6.45) is 14.9. The molecule has 0 aliphatic carbocycles. The monoisotopic (exact) mass is 1630 g/mol. The van der Waals surface area contributed by atoms with Crippen molar-refractivity contribution in [2.45, 2.75) is 157 Å². The maximum Gasteiger partial charge on any atom is 1.00 e. The van der Waals surface area contributed by atoms with Crippen molar-refractivity contribution in [2.75, 3.05) is 142 Å². The molecule has 0 saturated carbocycles. The number of ether oxygens (including phenoxy) is 10. The Kier molecular flexibility index (Phi) is 52.7. The number of aliphatic hydroxyl groups is 1. The van der Waals surface area contributed by atoms with Gasteiger partial charge in [-0.15, -0.1) is 22.7 Å². The van der Waals surface area contributed by atoms with Gasteiger partial charge in [-0.25, -0.2) is 14.5 Å². The second kappa shape index (κ2) is 61.2. The van der Waals surface area contributed by atoms with Gasteiger partial charge in [0.25, 0.3) is 0 Å². The maximum absolute atomic E-state index is 12.1. The Hall–Kier alpha value is -8.24. The number of aliphatic hydroxyl groups excluding tert-OH is 1. The third-order valence-corrected chi connectivity index (χ3v) is 20.2. The van der Waals surface area contributed by atoms with Crippen molar-refractivity contribution in [3.63, 3.8) is 0 Å². The Morgan fingerprint density at radius 2 is 0.991 bits per heavy atom. The average molecular weight is 1630 g/mol. The topological polar surface area (TPSA) is 297 Å². The largest absolute Gasteiger partial charge is 1.00 e. The van der Waals surface area contributed by atoms with E-state index in [2.05, 4.69) is 106 Å². The number of thiophene rings is 2. The van der Waals surface area contributed by atoms with Gasteiger partial charge in [0.15, 0.2) is 0 Å². The van der Waals surface area contributed by atoms with Crippen LogP contribution in [0.2, 0.25) is 0 Å². The summed E-state index contributed by atoms with van der Waals surface area (Å²) < 4.78 is 54.1. The predicted octanol–water partition coefficient (Wildman–Crippen LogP) is 15.1. The predicted molar refractivity (Wildman–Crippen MR) is 440 cm³/mol. The van der Waals surface area contributed by atoms with Crippen LogP contribution in [0.25, 0.3) is 14.5 Å². The Bertz CT molecular complexity index is 4030. The molecule has 4 aromatic carbocycles. The Labute approximate surface area is 709 Å². The maximum atomic E-state index is 12.1. The van der Waals surface area contributed by atoms with E-state index in [1.807, 2.05) is 74.5 Å². The van der Waals surface area contributed by atoms with Gasteiger partial charge in [0, 0.05) is 49.4 Å². The number of anilines is 2. The van der Waals surface area contributed by atoms with Gasteiger partial charge in [0.05, 0.1) is 167 Å². The molecule has 1 saturated heterocycles. The van der Waals surface area contributed by atoms with Gasteiger partial charge in [-0.05, 0) is 103 Å². The van der Waals surface area contributed by atoms with Crippen LogP contribution in [0, 0.1) is 70.6 Å². The average Bonchev–Trinajstić information content (AvgIpc) is 1.67. The first-order valence-electron chi connectivity index (χ1n) is 39.3. The van der Waals surface area contributed by atoms with E-state index in [9.17, 15) is 29.5 Å². The number of rotatable bonds is 56. The van der Waals surface area contributed by atoms with Gasteiger partial charge < -0.3 is 72.2 Å². The third kappa shape index (κ3) is 40.0. The van der Waals surface area contributed by atoms with Crippen LogP contribution in [0.15, 0.2) is 118 Å². The van der Waals surface area contributed by atoms with Gasteiger partial charge in [-0.1, -0.05) is 158 Å². The van der Waals surface area contributed by atoms with Crippen molar-refractivity contribution in [1.82, 2.24) is 0 Å². The Morgan fingerprint density at radius 1 is 0.565 bits per heavy atom. The fourth-order valence-electron chi connectivity index (χ4n) is 11.7. The van der Waals surface area contributed by atoms with Gasteiger partial charge in [-0.2, -0.15) is 25.7 Å². The molecule has 0 bridgehead atoms. The number of carboxylic acids is 1. The van der Waals surface area contributed by atoms with E-state index in [1.165, 1.54) is 65.9 Å². The fraction of sp³-hybridized carbons (Fsp3) is 0.535. The number of nitriles is 1. The SMILES string of the molecule is CCCCCCCCC1CC(=O)OC1=O.[C-]#[N+]c1c(N=Nc2ccc(N(CCOCCOCCOCCOCCOC(=O)CC(CCCCCCCC)C(=O)[O-])Cc3ccccc3)cc2C)sc(C#N)c1C.[C-]#[N+]c1sc(N=Nc2ccc(N(CCOCCOCCOCCOCCO)Cc3ccccc3)cc2C)c([N+]#[C-])c1C.[Na+]. The number of hydrogen-bond donors (Lipinski definition) is 1.